The van der Waals surface area contributed by atoms with Crippen LogP contribution in [-0.2, 0) is 14.8 Å². The average Bonchev–Trinajstić information content (AvgIpc) is 3.36. The van der Waals surface area contributed by atoms with Gasteiger partial charge >= 0.3 is 0 Å². The number of nitrogens with one attached hydrogen (secondary N) is 1. The number of benzene rings is 1. The van der Waals surface area contributed by atoms with Crippen molar-refractivity contribution < 1.29 is 23.1 Å². The van der Waals surface area contributed by atoms with Crippen LogP contribution < -0.4 is 14.5 Å². The molecule has 2 aromatic heterocycles. The fourth-order valence-corrected chi connectivity index (χ4v) is 6.55. The van der Waals surface area contributed by atoms with Crippen molar-refractivity contribution >= 4 is 50.5 Å². The van der Waals surface area contributed by atoms with Crippen LogP contribution in [0, 0.1) is 5.92 Å². The number of carbonyl (C=O) groups is 1. The lowest BCUT2D eigenvalue weighted by Gasteiger charge is -2.39. The SMILES string of the molecule is CS(=O)(=O)Nc1ccc(Cl)cc1C(=O)N1CCCC[C@H]1c1cc2nc(N3CC(CO)C3)cc(N3CCOCC3)n2n1. The largest absolute Gasteiger partial charge is 0.396 e. The van der Waals surface area contributed by atoms with Gasteiger partial charge in [0.2, 0.25) is 10.0 Å². The lowest BCUT2D eigenvalue weighted by Crippen LogP contribution is -2.49. The Bertz CT molecular complexity index is 1550. The minimum Gasteiger partial charge on any atom is -0.396 e. The van der Waals surface area contributed by atoms with Crippen LogP contribution >= 0.6 is 11.6 Å². The fraction of sp³-hybridized carbons (Fsp3) is 0.519. The van der Waals surface area contributed by atoms with Gasteiger partial charge in [0.1, 0.15) is 11.6 Å². The Morgan fingerprint density at radius 1 is 1.12 bits per heavy atom. The van der Waals surface area contributed by atoms with Gasteiger partial charge in [-0.2, -0.15) is 9.61 Å². The van der Waals surface area contributed by atoms with Gasteiger partial charge in [0.25, 0.3) is 5.91 Å². The molecule has 3 fully saturated rings. The molecule has 3 aliphatic heterocycles. The third-order valence-electron chi connectivity index (χ3n) is 7.90. The Morgan fingerprint density at radius 2 is 1.90 bits per heavy atom. The molecular formula is C27H34ClN7O5S. The number of morpholine rings is 1. The van der Waals surface area contributed by atoms with Crippen molar-refractivity contribution in [3.05, 3.63) is 46.6 Å². The first kappa shape index (κ1) is 28.0. The lowest BCUT2D eigenvalue weighted by molar-refractivity contribution is 0.0607. The quantitative estimate of drug-likeness (QED) is 0.418. The standard InChI is InChI=1S/C27H34ClN7O5S/c1-41(38,39)31-21-6-5-19(28)12-20(21)27(37)34-7-3-2-4-23(34)22-13-25-29-24(33-15-18(16-33)17-36)14-26(35(25)30-22)32-8-10-40-11-9-32/h5-6,12-14,18,23,31,36H,2-4,7-11,15-17H2,1H3/t23-/m0/s1. The Labute approximate surface area is 243 Å². The van der Waals surface area contributed by atoms with Gasteiger partial charge in [-0.25, -0.2) is 13.4 Å². The van der Waals surface area contributed by atoms with Crippen LogP contribution in [-0.4, -0.2) is 97.7 Å². The summed E-state index contributed by atoms with van der Waals surface area (Å²) in [6.45, 7) is 4.86. The number of nitrogens with zero attached hydrogens (tertiary/aromatic N) is 6. The van der Waals surface area contributed by atoms with Crippen LogP contribution in [0.15, 0.2) is 30.3 Å². The molecular weight excluding hydrogens is 570 g/mol. The van der Waals surface area contributed by atoms with Crippen LogP contribution in [0.1, 0.15) is 41.4 Å². The fourth-order valence-electron chi connectivity index (χ4n) is 5.80. The van der Waals surface area contributed by atoms with Crippen molar-refractivity contribution in [3.63, 3.8) is 0 Å². The summed E-state index contributed by atoms with van der Waals surface area (Å²) in [4.78, 5) is 25.0. The van der Waals surface area contributed by atoms with Crippen LogP contribution in [0.25, 0.3) is 5.65 Å². The number of anilines is 3. The minimum atomic E-state index is -3.61. The maximum absolute atomic E-state index is 14.0. The molecule has 1 atom stereocenters. The van der Waals surface area contributed by atoms with E-state index in [2.05, 4.69) is 14.5 Å². The number of amides is 1. The van der Waals surface area contributed by atoms with Crippen LogP contribution in [0.5, 0.6) is 0 Å². The molecule has 0 radical (unpaired) electrons. The van der Waals surface area contributed by atoms with Crippen LogP contribution in [0.4, 0.5) is 17.3 Å². The average molecular weight is 604 g/mol. The topological polar surface area (TPSA) is 133 Å². The van der Waals surface area contributed by atoms with Gasteiger partial charge < -0.3 is 24.5 Å². The van der Waals surface area contributed by atoms with Crippen molar-refractivity contribution in [1.82, 2.24) is 19.5 Å². The smallest absolute Gasteiger partial charge is 0.256 e. The Morgan fingerprint density at radius 3 is 2.63 bits per heavy atom. The molecule has 1 amide bonds. The van der Waals surface area contributed by atoms with E-state index in [1.807, 2.05) is 16.6 Å². The first-order valence-electron chi connectivity index (χ1n) is 13.9. The van der Waals surface area contributed by atoms with E-state index >= 15 is 0 Å². The predicted molar refractivity (Wildman–Crippen MR) is 156 cm³/mol. The minimum absolute atomic E-state index is 0.158. The summed E-state index contributed by atoms with van der Waals surface area (Å²) in [7, 11) is -3.61. The number of ether oxygens (including phenoxy) is 1. The van der Waals surface area contributed by atoms with Gasteiger partial charge in [-0.3, -0.25) is 9.52 Å². The number of aliphatic hydroxyl groups excluding tert-OH is 1. The zero-order valence-corrected chi connectivity index (χ0v) is 24.4. The molecule has 2 N–H and O–H groups in total. The Kier molecular flexibility index (Phi) is 7.70. The second-order valence-corrected chi connectivity index (χ2v) is 13.1. The Balaban J connectivity index is 1.37. The molecule has 0 spiro atoms. The van der Waals surface area contributed by atoms with E-state index in [1.54, 1.807) is 11.0 Å². The zero-order chi connectivity index (χ0) is 28.7. The molecule has 0 unspecified atom stereocenters. The summed E-state index contributed by atoms with van der Waals surface area (Å²) in [6, 6.07) is 8.25. The predicted octanol–water partition coefficient (Wildman–Crippen LogP) is 2.39. The molecule has 0 bridgehead atoms. The van der Waals surface area contributed by atoms with Crippen molar-refractivity contribution in [1.29, 1.82) is 0 Å². The van der Waals surface area contributed by atoms with E-state index in [0.717, 1.165) is 69.0 Å². The monoisotopic (exact) mass is 603 g/mol. The normalized spacial score (nSPS) is 20.4. The number of aliphatic hydroxyl groups is 1. The molecule has 3 saturated heterocycles. The maximum Gasteiger partial charge on any atom is 0.256 e. The molecule has 3 aliphatic rings. The van der Waals surface area contributed by atoms with Gasteiger partial charge in [0.15, 0.2) is 5.65 Å². The maximum atomic E-state index is 14.0. The van der Waals surface area contributed by atoms with Crippen molar-refractivity contribution in [2.75, 3.05) is 73.3 Å². The summed E-state index contributed by atoms with van der Waals surface area (Å²) in [5.74, 6) is 1.69. The highest BCUT2D eigenvalue weighted by Gasteiger charge is 2.34. The van der Waals surface area contributed by atoms with E-state index in [9.17, 15) is 18.3 Å². The third-order valence-corrected chi connectivity index (χ3v) is 8.73. The molecule has 5 heterocycles. The number of likely N-dealkylation sites (tertiary alicyclic amines) is 1. The van der Waals surface area contributed by atoms with Crippen molar-refractivity contribution in [3.8, 4) is 0 Å². The molecule has 1 aromatic carbocycles. The number of halogens is 1. The number of hydrogen-bond donors (Lipinski definition) is 2. The second kappa shape index (κ2) is 11.3. The molecule has 14 heteroatoms. The molecule has 220 valence electrons. The van der Waals surface area contributed by atoms with E-state index in [0.29, 0.717) is 30.4 Å². The second-order valence-electron chi connectivity index (χ2n) is 10.9. The van der Waals surface area contributed by atoms with Gasteiger partial charge in [-0.05, 0) is 37.5 Å². The lowest BCUT2D eigenvalue weighted by atomic mass is 9.98. The van der Waals surface area contributed by atoms with E-state index in [-0.39, 0.29) is 35.7 Å². The number of carbonyl (C=O) groups excluding carboxylic acids is 1. The highest BCUT2D eigenvalue weighted by molar-refractivity contribution is 7.92. The number of fused-ring (bicyclic) bond motifs is 1. The highest BCUT2D eigenvalue weighted by Crippen LogP contribution is 2.36. The van der Waals surface area contributed by atoms with Gasteiger partial charge in [-0.1, -0.05) is 11.6 Å². The summed E-state index contributed by atoms with van der Waals surface area (Å²) in [5, 5.41) is 14.8. The number of sulfonamides is 1. The van der Waals surface area contributed by atoms with Crippen LogP contribution in [0.2, 0.25) is 5.02 Å². The summed E-state index contributed by atoms with van der Waals surface area (Å²) in [5.41, 5.74) is 1.81. The van der Waals surface area contributed by atoms with Crippen molar-refractivity contribution in [2.24, 2.45) is 5.92 Å². The third kappa shape index (κ3) is 5.81. The van der Waals surface area contributed by atoms with Crippen LogP contribution in [0.3, 0.4) is 0 Å². The van der Waals surface area contributed by atoms with E-state index in [1.165, 1.54) is 12.1 Å². The number of piperidine rings is 1. The zero-order valence-electron chi connectivity index (χ0n) is 22.9. The molecule has 41 heavy (non-hydrogen) atoms. The summed E-state index contributed by atoms with van der Waals surface area (Å²) < 4.78 is 33.9. The first-order valence-corrected chi connectivity index (χ1v) is 16.1. The van der Waals surface area contributed by atoms with E-state index in [4.69, 9.17) is 26.4 Å². The highest BCUT2D eigenvalue weighted by atomic mass is 35.5. The van der Waals surface area contributed by atoms with Gasteiger partial charge in [0.05, 0.1) is 42.5 Å². The number of rotatable bonds is 7. The molecule has 6 rings (SSSR count). The Hall–Kier alpha value is -3.13. The molecule has 0 saturated carbocycles. The summed E-state index contributed by atoms with van der Waals surface area (Å²) >= 11 is 6.24. The molecule has 12 nitrogen and oxygen atoms in total. The summed E-state index contributed by atoms with van der Waals surface area (Å²) in [6.07, 6.45) is 3.52. The number of aromatic nitrogens is 3. The van der Waals surface area contributed by atoms with Crippen molar-refractivity contribution in [2.45, 2.75) is 25.3 Å². The van der Waals surface area contributed by atoms with Gasteiger partial charge in [0, 0.05) is 62.4 Å². The molecule has 3 aromatic rings. The van der Waals surface area contributed by atoms with E-state index < -0.39 is 10.0 Å². The molecule has 0 aliphatic carbocycles. The number of hydrogen-bond acceptors (Lipinski definition) is 9. The first-order chi connectivity index (χ1) is 19.7. The van der Waals surface area contributed by atoms with Gasteiger partial charge in [-0.15, -0.1) is 0 Å².